The van der Waals surface area contributed by atoms with E-state index in [1.807, 2.05) is 4.90 Å². The molecule has 8 heteroatoms. The van der Waals surface area contributed by atoms with Crippen LogP contribution in [0.5, 0.6) is 0 Å². The molecule has 1 fully saturated rings. The summed E-state index contributed by atoms with van der Waals surface area (Å²) in [5.41, 5.74) is 1.66. The molecule has 1 aliphatic carbocycles. The third-order valence-corrected chi connectivity index (χ3v) is 6.46. The van der Waals surface area contributed by atoms with Gasteiger partial charge in [-0.15, -0.1) is 0 Å². The normalized spacial score (nSPS) is 18.8. The van der Waals surface area contributed by atoms with Gasteiger partial charge < -0.3 is 9.45 Å². The predicted molar refractivity (Wildman–Crippen MR) is 107 cm³/mol. The lowest BCUT2D eigenvalue weighted by Gasteiger charge is -2.36. The van der Waals surface area contributed by atoms with Crippen LogP contribution in [0.2, 0.25) is 0 Å². The van der Waals surface area contributed by atoms with E-state index in [0.29, 0.717) is 48.4 Å². The molecule has 2 atom stereocenters. The van der Waals surface area contributed by atoms with Crippen LogP contribution in [0.25, 0.3) is 0 Å². The van der Waals surface area contributed by atoms with Crippen molar-refractivity contribution in [1.82, 2.24) is 9.80 Å². The summed E-state index contributed by atoms with van der Waals surface area (Å²) in [6, 6.07) is 11.3. The molecule has 7 nitrogen and oxygen atoms in total. The van der Waals surface area contributed by atoms with Crippen molar-refractivity contribution in [3.8, 4) is 0 Å². The molecule has 0 radical (unpaired) electrons. The number of carbonyl (C=O) groups is 3. The molecule has 0 spiro atoms. The fourth-order valence-electron chi connectivity index (χ4n) is 3.83. The van der Waals surface area contributed by atoms with Gasteiger partial charge in [0.25, 0.3) is 5.91 Å². The Morgan fingerprint density at radius 2 is 1.48 bits per heavy atom. The number of hydrogen-bond acceptors (Lipinski definition) is 5. The maximum absolute atomic E-state index is 12.9. The van der Waals surface area contributed by atoms with E-state index in [1.165, 1.54) is 6.07 Å². The van der Waals surface area contributed by atoms with Crippen molar-refractivity contribution >= 4 is 28.6 Å². The summed E-state index contributed by atoms with van der Waals surface area (Å²) in [6.07, 6.45) is 0. The summed E-state index contributed by atoms with van der Waals surface area (Å²) in [5, 5.41) is -0.486. The minimum absolute atomic E-state index is 0.214. The zero-order valence-corrected chi connectivity index (χ0v) is 16.6. The van der Waals surface area contributed by atoms with Crippen molar-refractivity contribution in [3.63, 3.8) is 0 Å². The van der Waals surface area contributed by atoms with Gasteiger partial charge in [-0.25, -0.2) is 4.21 Å². The molecule has 1 amide bonds. The number of piperazine rings is 1. The Morgan fingerprint density at radius 3 is 2.07 bits per heavy atom. The lowest BCUT2D eigenvalue weighted by molar-refractivity contribution is 0.0626. The van der Waals surface area contributed by atoms with Crippen molar-refractivity contribution in [2.75, 3.05) is 26.2 Å². The molecule has 29 heavy (non-hydrogen) atoms. The highest BCUT2D eigenvalue weighted by molar-refractivity contribution is 7.79. The second kappa shape index (κ2) is 7.62. The van der Waals surface area contributed by atoms with E-state index in [4.69, 9.17) is 0 Å². The average Bonchev–Trinajstić information content (AvgIpc) is 2.76. The lowest BCUT2D eigenvalue weighted by atomic mass is 9.83. The minimum Gasteiger partial charge on any atom is -0.336 e. The van der Waals surface area contributed by atoms with E-state index in [2.05, 4.69) is 0 Å². The van der Waals surface area contributed by atoms with E-state index < -0.39 is 16.5 Å². The first-order valence-corrected chi connectivity index (χ1v) is 10.5. The van der Waals surface area contributed by atoms with Gasteiger partial charge in [0.15, 0.2) is 22.6 Å². The third-order valence-electron chi connectivity index (χ3n) is 5.58. The number of fused-ring (bicyclic) bond motifs is 2. The van der Waals surface area contributed by atoms with Crippen molar-refractivity contribution in [2.45, 2.75) is 12.3 Å². The molecule has 2 aliphatic rings. The zero-order valence-electron chi connectivity index (χ0n) is 15.8. The van der Waals surface area contributed by atoms with Gasteiger partial charge >= 0.3 is 0 Å². The Kier molecular flexibility index (Phi) is 5.16. The highest BCUT2D eigenvalue weighted by atomic mass is 32.2. The molecule has 4 rings (SSSR count). The standard InChI is InChI=1S/C21H20N2O5S/c1-13(29(27)28)22-8-10-23(11-9-22)21(26)14-6-7-17-18(12-14)20(25)16-5-3-2-4-15(16)19(17)24/h2-7,12-13H,8-11H2,1H3,(H,27,28)/t13-/m0/s1. The Morgan fingerprint density at radius 1 is 0.931 bits per heavy atom. The monoisotopic (exact) mass is 412 g/mol. The SMILES string of the molecule is C[C@@H](N1CCN(C(=O)c2ccc3c(c2)C(=O)c2ccccc2C3=O)CC1)S(=O)O. The zero-order chi connectivity index (χ0) is 20.7. The van der Waals surface area contributed by atoms with Gasteiger partial charge in [0, 0.05) is 54.0 Å². The molecule has 2 aromatic carbocycles. The van der Waals surface area contributed by atoms with E-state index in [-0.39, 0.29) is 23.0 Å². The summed E-state index contributed by atoms with van der Waals surface area (Å²) in [4.78, 5) is 42.0. The summed E-state index contributed by atoms with van der Waals surface area (Å²) >= 11 is -1.94. The Labute approximate surface area is 170 Å². The van der Waals surface area contributed by atoms with Crippen LogP contribution in [0.1, 0.15) is 49.1 Å². The molecule has 1 N–H and O–H groups in total. The first kappa shape index (κ1) is 19.6. The average molecular weight is 412 g/mol. The van der Waals surface area contributed by atoms with Gasteiger partial charge in [-0.2, -0.15) is 0 Å². The van der Waals surface area contributed by atoms with Crippen molar-refractivity contribution in [3.05, 3.63) is 70.3 Å². The van der Waals surface area contributed by atoms with Gasteiger partial charge in [0.2, 0.25) is 0 Å². The van der Waals surface area contributed by atoms with Crippen LogP contribution in [0.15, 0.2) is 42.5 Å². The Balaban J connectivity index is 1.55. The molecule has 2 aromatic rings. The highest BCUT2D eigenvalue weighted by Gasteiger charge is 2.31. The number of benzene rings is 2. The largest absolute Gasteiger partial charge is 0.336 e. The van der Waals surface area contributed by atoms with Crippen LogP contribution in [0, 0.1) is 0 Å². The van der Waals surface area contributed by atoms with Crippen LogP contribution in [0.4, 0.5) is 0 Å². The topological polar surface area (TPSA) is 95.0 Å². The van der Waals surface area contributed by atoms with Gasteiger partial charge in [0.05, 0.1) is 0 Å². The molecular weight excluding hydrogens is 392 g/mol. The van der Waals surface area contributed by atoms with E-state index in [0.717, 1.165) is 0 Å². The predicted octanol–water partition coefficient (Wildman–Crippen LogP) is 1.79. The smallest absolute Gasteiger partial charge is 0.253 e. The summed E-state index contributed by atoms with van der Waals surface area (Å²) in [7, 11) is 0. The fraction of sp³-hybridized carbons (Fsp3) is 0.286. The maximum Gasteiger partial charge on any atom is 0.253 e. The quantitative estimate of drug-likeness (QED) is 0.659. The first-order valence-electron chi connectivity index (χ1n) is 9.34. The minimum atomic E-state index is -1.94. The Hall–Kier alpha value is -2.68. The summed E-state index contributed by atoms with van der Waals surface area (Å²) in [5.74, 6) is -0.688. The summed E-state index contributed by atoms with van der Waals surface area (Å²) < 4.78 is 20.5. The second-order valence-electron chi connectivity index (χ2n) is 7.17. The van der Waals surface area contributed by atoms with Gasteiger partial charge in [-0.3, -0.25) is 19.3 Å². The van der Waals surface area contributed by atoms with Gasteiger partial charge in [0.1, 0.15) is 5.37 Å². The molecular formula is C21H20N2O5S. The number of hydrogen-bond donors (Lipinski definition) is 1. The van der Waals surface area contributed by atoms with Crippen molar-refractivity contribution in [2.24, 2.45) is 0 Å². The third kappa shape index (κ3) is 3.43. The van der Waals surface area contributed by atoms with Crippen molar-refractivity contribution < 1.29 is 23.1 Å². The van der Waals surface area contributed by atoms with Crippen LogP contribution in [-0.2, 0) is 11.1 Å². The lowest BCUT2D eigenvalue weighted by Crippen LogP contribution is -2.52. The number of amides is 1. The van der Waals surface area contributed by atoms with Gasteiger partial charge in [-0.05, 0) is 25.1 Å². The highest BCUT2D eigenvalue weighted by Crippen LogP contribution is 2.28. The number of carbonyl (C=O) groups excluding carboxylic acids is 3. The van der Waals surface area contributed by atoms with Crippen LogP contribution >= 0.6 is 0 Å². The van der Waals surface area contributed by atoms with E-state index in [9.17, 15) is 23.1 Å². The second-order valence-corrected chi connectivity index (χ2v) is 8.40. The molecule has 1 aliphatic heterocycles. The van der Waals surface area contributed by atoms with Gasteiger partial charge in [-0.1, -0.05) is 24.3 Å². The van der Waals surface area contributed by atoms with Crippen LogP contribution in [-0.4, -0.2) is 67.6 Å². The van der Waals surface area contributed by atoms with E-state index >= 15 is 0 Å². The molecule has 0 aromatic heterocycles. The molecule has 1 unspecified atom stereocenters. The molecule has 0 bridgehead atoms. The van der Waals surface area contributed by atoms with Crippen LogP contribution in [0.3, 0.4) is 0 Å². The fourth-order valence-corrected chi connectivity index (χ4v) is 4.30. The van der Waals surface area contributed by atoms with Crippen molar-refractivity contribution in [1.29, 1.82) is 0 Å². The maximum atomic E-state index is 12.9. The number of ketones is 2. The number of nitrogens with zero attached hydrogens (tertiary/aromatic N) is 2. The van der Waals surface area contributed by atoms with E-state index in [1.54, 1.807) is 48.2 Å². The Bertz CT molecular complexity index is 1040. The number of rotatable bonds is 3. The molecule has 0 saturated carbocycles. The first-order chi connectivity index (χ1) is 13.9. The summed E-state index contributed by atoms with van der Waals surface area (Å²) in [6.45, 7) is 3.52. The van der Waals surface area contributed by atoms with Crippen LogP contribution < -0.4 is 0 Å². The molecule has 1 saturated heterocycles. The molecule has 1 heterocycles. The molecule has 150 valence electrons.